The minimum absolute atomic E-state index is 0.151. The van der Waals surface area contributed by atoms with Crippen molar-refractivity contribution in [3.05, 3.63) is 52.5 Å². The summed E-state index contributed by atoms with van der Waals surface area (Å²) >= 11 is 3.68. The maximum Gasteiger partial charge on any atom is 0.340 e. The fourth-order valence-corrected chi connectivity index (χ4v) is 5.56. The van der Waals surface area contributed by atoms with E-state index in [1.807, 2.05) is 6.92 Å². The number of halogens is 2. The van der Waals surface area contributed by atoms with Crippen molar-refractivity contribution in [2.75, 3.05) is 6.61 Å². The predicted octanol–water partition coefficient (Wildman–Crippen LogP) is 9.95. The molecule has 37 heavy (non-hydrogen) atoms. The van der Waals surface area contributed by atoms with Crippen LogP contribution in [0.2, 0.25) is 0 Å². The molecule has 2 aromatic rings. The van der Waals surface area contributed by atoms with Gasteiger partial charge in [-0.3, -0.25) is 0 Å². The lowest BCUT2D eigenvalue weighted by Gasteiger charge is -2.29. The lowest BCUT2D eigenvalue weighted by Crippen LogP contribution is -2.28. The van der Waals surface area contributed by atoms with E-state index < -0.39 is 12.1 Å². The highest BCUT2D eigenvalue weighted by atomic mass is 79.9. The molecule has 0 radical (unpaired) electrons. The van der Waals surface area contributed by atoms with Crippen molar-refractivity contribution < 1.29 is 18.7 Å². The Morgan fingerprint density at radius 3 is 2.22 bits per heavy atom. The fraction of sp³-hybridized carbons (Fsp3) is 0.594. The van der Waals surface area contributed by atoms with Gasteiger partial charge in [-0.1, -0.05) is 89.1 Å². The van der Waals surface area contributed by atoms with Crippen LogP contribution in [0, 0.1) is 0 Å². The van der Waals surface area contributed by atoms with Crippen molar-refractivity contribution >= 4 is 21.9 Å². The smallest absolute Gasteiger partial charge is 0.340 e. The molecule has 0 aromatic heterocycles. The maximum atomic E-state index is 13.9. The van der Waals surface area contributed by atoms with Crippen LogP contribution in [0.25, 0.3) is 11.1 Å². The van der Waals surface area contributed by atoms with Gasteiger partial charge in [0.2, 0.25) is 0 Å². The fourth-order valence-electron chi connectivity index (χ4n) is 5.06. The highest BCUT2D eigenvalue weighted by molar-refractivity contribution is 9.10. The van der Waals surface area contributed by atoms with Gasteiger partial charge in [-0.25, -0.2) is 9.18 Å². The summed E-state index contributed by atoms with van der Waals surface area (Å²) in [6.07, 6.45) is 11.3. The largest absolute Gasteiger partial charge is 0.492 e. The van der Waals surface area contributed by atoms with E-state index in [2.05, 4.69) is 65.3 Å². The van der Waals surface area contributed by atoms with Gasteiger partial charge in [0.05, 0.1) is 11.1 Å². The molecule has 1 atom stereocenters. The number of hydrogen-bond acceptors (Lipinski definition) is 3. The first kappa shape index (κ1) is 29.7. The van der Waals surface area contributed by atoms with Crippen molar-refractivity contribution in [3.63, 3.8) is 0 Å². The van der Waals surface area contributed by atoms with Gasteiger partial charge in [0.1, 0.15) is 11.9 Å². The number of unbranched alkanes of at least 4 members (excludes halogenated alkanes) is 6. The van der Waals surface area contributed by atoms with Crippen molar-refractivity contribution in [3.8, 4) is 16.9 Å². The van der Waals surface area contributed by atoms with Gasteiger partial charge < -0.3 is 9.47 Å². The lowest BCUT2D eigenvalue weighted by molar-refractivity contribution is -0.157. The van der Waals surface area contributed by atoms with E-state index in [1.165, 1.54) is 43.2 Å². The van der Waals surface area contributed by atoms with E-state index in [4.69, 9.17) is 9.47 Å². The molecule has 0 heterocycles. The second-order valence-corrected chi connectivity index (χ2v) is 11.3. The Hall–Kier alpha value is -1.88. The molecule has 0 spiro atoms. The molecule has 3 rings (SSSR count). The minimum Gasteiger partial charge on any atom is -0.492 e. The molecule has 5 heteroatoms. The molecule has 1 aliphatic carbocycles. The van der Waals surface area contributed by atoms with E-state index in [0.717, 1.165) is 60.9 Å². The molecule has 2 aromatic carbocycles. The molecule has 204 valence electrons. The zero-order chi connectivity index (χ0) is 26.5. The topological polar surface area (TPSA) is 35.5 Å². The standard InChI is InChI=1S/C32H44BrFO3/c1-3-5-7-8-9-10-22-36-31-21-18-27(23-29(31)33)26-14-12-24(13-15-26)25-16-19-28(20-17-25)37-32(35)30(34)11-6-4-2/h12-15,18,21,23,25,28,30H,3-11,16-17,19-20,22H2,1-2H3/t25?,28?,30-/m0/s1. The molecule has 1 fully saturated rings. The Bertz CT molecular complexity index is 938. The average Bonchev–Trinajstić information content (AvgIpc) is 2.92. The summed E-state index contributed by atoms with van der Waals surface area (Å²) in [5, 5.41) is 0. The molecule has 0 unspecified atom stereocenters. The van der Waals surface area contributed by atoms with E-state index in [9.17, 15) is 9.18 Å². The summed E-state index contributed by atoms with van der Waals surface area (Å²) in [4.78, 5) is 12.0. The van der Waals surface area contributed by atoms with Crippen LogP contribution in [-0.2, 0) is 9.53 Å². The van der Waals surface area contributed by atoms with Crippen LogP contribution in [0.3, 0.4) is 0 Å². The second-order valence-electron chi connectivity index (χ2n) is 10.4. The first-order valence-electron chi connectivity index (χ1n) is 14.4. The molecular formula is C32H44BrFO3. The highest BCUT2D eigenvalue weighted by Crippen LogP contribution is 2.36. The first-order valence-corrected chi connectivity index (χ1v) is 15.2. The summed E-state index contributed by atoms with van der Waals surface area (Å²) in [5.74, 6) is 0.678. The molecule has 1 aliphatic rings. The summed E-state index contributed by atoms with van der Waals surface area (Å²) in [7, 11) is 0. The molecule has 0 bridgehead atoms. The number of esters is 1. The summed E-state index contributed by atoms with van der Waals surface area (Å²) in [5.41, 5.74) is 3.65. The Labute approximate surface area is 231 Å². The monoisotopic (exact) mass is 574 g/mol. The van der Waals surface area contributed by atoms with Crippen molar-refractivity contribution in [1.29, 1.82) is 0 Å². The molecule has 0 N–H and O–H groups in total. The van der Waals surface area contributed by atoms with Gasteiger partial charge in [0.25, 0.3) is 0 Å². The number of rotatable bonds is 15. The lowest BCUT2D eigenvalue weighted by atomic mass is 9.82. The van der Waals surface area contributed by atoms with E-state index in [-0.39, 0.29) is 12.5 Å². The summed E-state index contributed by atoms with van der Waals surface area (Å²) in [6.45, 7) is 4.99. The number of hydrogen-bond donors (Lipinski definition) is 0. The molecule has 1 saturated carbocycles. The third kappa shape index (κ3) is 9.74. The van der Waals surface area contributed by atoms with Crippen LogP contribution in [0.1, 0.15) is 109 Å². The molecule has 0 saturated heterocycles. The Morgan fingerprint density at radius 2 is 1.54 bits per heavy atom. The quantitative estimate of drug-likeness (QED) is 0.157. The van der Waals surface area contributed by atoms with Gasteiger partial charge in [0.15, 0.2) is 6.17 Å². The summed E-state index contributed by atoms with van der Waals surface area (Å²) in [6, 6.07) is 15.1. The van der Waals surface area contributed by atoms with E-state index in [1.54, 1.807) is 0 Å². The van der Waals surface area contributed by atoms with E-state index in [0.29, 0.717) is 12.3 Å². The molecule has 3 nitrogen and oxygen atoms in total. The van der Waals surface area contributed by atoms with Gasteiger partial charge in [-0.05, 0) is 89.2 Å². The van der Waals surface area contributed by atoms with Crippen LogP contribution in [0.15, 0.2) is 46.9 Å². The van der Waals surface area contributed by atoms with Gasteiger partial charge >= 0.3 is 5.97 Å². The average molecular weight is 576 g/mol. The third-order valence-corrected chi connectivity index (χ3v) is 8.05. The third-order valence-electron chi connectivity index (χ3n) is 7.43. The second kappa shape index (κ2) is 16.2. The Balaban J connectivity index is 1.45. The zero-order valence-corrected chi connectivity index (χ0v) is 24.2. The van der Waals surface area contributed by atoms with Gasteiger partial charge in [-0.2, -0.15) is 0 Å². The predicted molar refractivity (Wildman–Crippen MR) is 154 cm³/mol. The van der Waals surface area contributed by atoms with Crippen molar-refractivity contribution in [1.82, 2.24) is 0 Å². The number of benzene rings is 2. The van der Waals surface area contributed by atoms with Crippen LogP contribution < -0.4 is 4.74 Å². The highest BCUT2D eigenvalue weighted by Gasteiger charge is 2.27. The van der Waals surface area contributed by atoms with Crippen molar-refractivity contribution in [2.45, 2.75) is 116 Å². The van der Waals surface area contributed by atoms with Gasteiger partial charge in [0, 0.05) is 0 Å². The Kier molecular flexibility index (Phi) is 13.0. The number of carbonyl (C=O) groups is 1. The zero-order valence-electron chi connectivity index (χ0n) is 22.7. The van der Waals surface area contributed by atoms with Crippen LogP contribution in [-0.4, -0.2) is 24.9 Å². The van der Waals surface area contributed by atoms with Crippen LogP contribution in [0.4, 0.5) is 4.39 Å². The molecule has 0 aliphatic heterocycles. The van der Waals surface area contributed by atoms with Crippen LogP contribution in [0.5, 0.6) is 5.75 Å². The maximum absolute atomic E-state index is 13.9. The van der Waals surface area contributed by atoms with Crippen molar-refractivity contribution in [2.24, 2.45) is 0 Å². The number of ether oxygens (including phenoxy) is 2. The molecular weight excluding hydrogens is 531 g/mol. The normalized spacial score (nSPS) is 18.4. The van der Waals surface area contributed by atoms with Gasteiger partial charge in [-0.15, -0.1) is 0 Å². The van der Waals surface area contributed by atoms with Crippen LogP contribution >= 0.6 is 15.9 Å². The first-order chi connectivity index (χ1) is 18.0. The van der Waals surface area contributed by atoms with E-state index >= 15 is 0 Å². The Morgan fingerprint density at radius 1 is 0.892 bits per heavy atom. The SMILES string of the molecule is CCCCCCCCOc1ccc(-c2ccc(C3CCC(OC(=O)[C@@H](F)CCCC)CC3)cc2)cc1Br. The minimum atomic E-state index is -1.48. The number of alkyl halides is 1. The number of carbonyl (C=O) groups excluding carboxylic acids is 1. The molecule has 0 amide bonds. The summed E-state index contributed by atoms with van der Waals surface area (Å²) < 4.78 is 26.4.